The van der Waals surface area contributed by atoms with E-state index in [0.717, 1.165) is 44.8 Å². The van der Waals surface area contributed by atoms with E-state index < -0.39 is 5.41 Å². The summed E-state index contributed by atoms with van der Waals surface area (Å²) in [6.45, 7) is 0. The molecule has 314 valence electrons. The first kappa shape index (κ1) is 39.8. The largest absolute Gasteiger partial charge is 0.228 e. The predicted molar refractivity (Wildman–Crippen MR) is 277 cm³/mol. The first-order chi connectivity index (χ1) is 33.2. The molecule has 2 nitrogen and oxygen atoms in total. The first-order valence-corrected chi connectivity index (χ1v) is 23.0. The van der Waals surface area contributed by atoms with E-state index in [4.69, 9.17) is 9.97 Å². The Kier molecular flexibility index (Phi) is 10.1. The molecule has 10 aromatic carbocycles. The van der Waals surface area contributed by atoms with E-state index in [9.17, 15) is 0 Å². The Balaban J connectivity index is 1.00. The van der Waals surface area contributed by atoms with Gasteiger partial charge >= 0.3 is 0 Å². The molecule has 0 spiro atoms. The van der Waals surface area contributed by atoms with Crippen LogP contribution in [0.2, 0.25) is 0 Å². The minimum Gasteiger partial charge on any atom is -0.228 e. The lowest BCUT2D eigenvalue weighted by Gasteiger charge is -2.34. The van der Waals surface area contributed by atoms with Crippen LogP contribution in [0.5, 0.6) is 0 Å². The van der Waals surface area contributed by atoms with E-state index >= 15 is 0 Å². The lowest BCUT2D eigenvalue weighted by Crippen LogP contribution is -2.28. The molecular formula is C65H44N2. The highest BCUT2D eigenvalue weighted by Gasteiger charge is 2.46. The molecule has 0 atom stereocenters. The molecule has 12 rings (SSSR count). The lowest BCUT2D eigenvalue weighted by atomic mass is 9.67. The Hall–Kier alpha value is -8.72. The van der Waals surface area contributed by atoms with Crippen molar-refractivity contribution in [3.05, 3.63) is 289 Å². The molecule has 0 bridgehead atoms. The molecule has 0 fully saturated rings. The van der Waals surface area contributed by atoms with Crippen molar-refractivity contribution in [3.63, 3.8) is 0 Å². The molecule has 11 aromatic rings. The number of nitrogens with zero attached hydrogens (tertiary/aromatic N) is 2. The van der Waals surface area contributed by atoms with Crippen molar-refractivity contribution in [2.45, 2.75) is 5.41 Å². The zero-order chi connectivity index (χ0) is 44.6. The third-order valence-corrected chi connectivity index (χ3v) is 13.4. The summed E-state index contributed by atoms with van der Waals surface area (Å²) in [5.74, 6) is 0.695. The molecule has 0 saturated heterocycles. The number of rotatable bonds is 9. The highest BCUT2D eigenvalue weighted by molar-refractivity contribution is 5.95. The van der Waals surface area contributed by atoms with Crippen molar-refractivity contribution in [2.24, 2.45) is 0 Å². The molecule has 0 amide bonds. The summed E-state index contributed by atoms with van der Waals surface area (Å²) in [4.78, 5) is 10.3. The second-order valence-electron chi connectivity index (χ2n) is 17.3. The number of fused-ring (bicyclic) bond motifs is 3. The summed E-state index contributed by atoms with van der Waals surface area (Å²) in [5.41, 5.74) is 21.3. The standard InChI is InChI=1S/C65H44N2/c1-6-19-45(20-7-1)46-33-37-48(38-34-46)57-42-59-56-31-16-17-32-60(56)65(54-27-12-4-13-28-54,55-29-14-5-15-30-55)61(59)43-58(57)49-39-35-47(36-40-49)52-25-18-26-53(41-52)64-66-62(50-21-8-2-9-22-50)44-63(67-64)51-23-10-3-11-24-51/h1-44H. The smallest absolute Gasteiger partial charge is 0.160 e. The monoisotopic (exact) mass is 852 g/mol. The molecule has 1 aliphatic carbocycles. The van der Waals surface area contributed by atoms with Crippen LogP contribution >= 0.6 is 0 Å². The quantitative estimate of drug-likeness (QED) is 0.145. The Morgan fingerprint density at radius 1 is 0.224 bits per heavy atom. The Labute approximate surface area is 392 Å². The molecule has 0 N–H and O–H groups in total. The number of benzene rings is 10. The molecular weight excluding hydrogens is 809 g/mol. The number of aromatic nitrogens is 2. The van der Waals surface area contributed by atoms with Crippen LogP contribution in [0.4, 0.5) is 0 Å². The zero-order valence-electron chi connectivity index (χ0n) is 36.8. The van der Waals surface area contributed by atoms with Gasteiger partial charge in [-0.3, -0.25) is 0 Å². The third kappa shape index (κ3) is 7.17. The van der Waals surface area contributed by atoms with Crippen LogP contribution < -0.4 is 0 Å². The molecule has 2 heteroatoms. The van der Waals surface area contributed by atoms with Gasteiger partial charge in [0.2, 0.25) is 0 Å². The van der Waals surface area contributed by atoms with Crippen LogP contribution in [0.3, 0.4) is 0 Å². The second-order valence-corrected chi connectivity index (χ2v) is 17.3. The SMILES string of the molecule is c1ccc(-c2ccc(-c3cc4c(cc3-c3ccc(-c5cccc(-c6nc(-c7ccccc7)cc(-c7ccccc7)n6)c5)cc3)C(c3ccccc3)(c3ccccc3)c3ccccc3-4)cc2)cc1. The molecule has 1 aliphatic rings. The van der Waals surface area contributed by atoms with Crippen molar-refractivity contribution in [3.8, 4) is 89.5 Å². The first-order valence-electron chi connectivity index (χ1n) is 23.0. The fraction of sp³-hybridized carbons (Fsp3) is 0.0154. The van der Waals surface area contributed by atoms with Crippen LogP contribution in [0, 0.1) is 0 Å². The average molecular weight is 853 g/mol. The van der Waals surface area contributed by atoms with Gasteiger partial charge in [-0.1, -0.05) is 243 Å². The van der Waals surface area contributed by atoms with Crippen LogP contribution in [0.1, 0.15) is 22.3 Å². The topological polar surface area (TPSA) is 25.8 Å². The van der Waals surface area contributed by atoms with Crippen molar-refractivity contribution >= 4 is 0 Å². The number of hydrogen-bond donors (Lipinski definition) is 0. The van der Waals surface area contributed by atoms with Gasteiger partial charge in [0.25, 0.3) is 0 Å². The van der Waals surface area contributed by atoms with Crippen molar-refractivity contribution in [1.29, 1.82) is 0 Å². The summed E-state index contributed by atoms with van der Waals surface area (Å²) in [7, 11) is 0. The van der Waals surface area contributed by atoms with E-state index in [1.807, 2.05) is 12.1 Å². The zero-order valence-corrected chi connectivity index (χ0v) is 36.8. The van der Waals surface area contributed by atoms with Crippen molar-refractivity contribution in [2.75, 3.05) is 0 Å². The molecule has 0 aliphatic heterocycles. The van der Waals surface area contributed by atoms with Gasteiger partial charge in [-0.2, -0.15) is 0 Å². The predicted octanol–water partition coefficient (Wildman–Crippen LogP) is 16.5. The minimum absolute atomic E-state index is 0.514. The van der Waals surface area contributed by atoms with E-state index in [2.05, 4.69) is 255 Å². The average Bonchev–Trinajstić information content (AvgIpc) is 3.72. The summed E-state index contributed by atoms with van der Waals surface area (Å²) >= 11 is 0. The van der Waals surface area contributed by atoms with Gasteiger partial charge in [0.05, 0.1) is 16.8 Å². The lowest BCUT2D eigenvalue weighted by molar-refractivity contribution is 0.769. The van der Waals surface area contributed by atoms with E-state index in [-0.39, 0.29) is 0 Å². The fourth-order valence-corrected chi connectivity index (χ4v) is 10.2. The normalized spacial score (nSPS) is 12.3. The highest BCUT2D eigenvalue weighted by Crippen LogP contribution is 2.58. The van der Waals surface area contributed by atoms with E-state index in [1.165, 1.54) is 61.2 Å². The van der Waals surface area contributed by atoms with Gasteiger partial charge in [-0.25, -0.2) is 9.97 Å². The summed E-state index contributed by atoms with van der Waals surface area (Å²) in [5, 5.41) is 0. The van der Waals surface area contributed by atoms with Crippen molar-refractivity contribution in [1.82, 2.24) is 9.97 Å². The van der Waals surface area contributed by atoms with Gasteiger partial charge in [0.15, 0.2) is 5.82 Å². The van der Waals surface area contributed by atoms with Gasteiger partial charge in [0.1, 0.15) is 0 Å². The Morgan fingerprint density at radius 3 is 1.18 bits per heavy atom. The van der Waals surface area contributed by atoms with Crippen LogP contribution in [0.25, 0.3) is 89.5 Å². The molecule has 67 heavy (non-hydrogen) atoms. The maximum absolute atomic E-state index is 5.14. The molecule has 0 unspecified atom stereocenters. The van der Waals surface area contributed by atoms with Gasteiger partial charge in [-0.15, -0.1) is 0 Å². The number of hydrogen-bond acceptors (Lipinski definition) is 2. The molecule has 0 radical (unpaired) electrons. The van der Waals surface area contributed by atoms with Gasteiger partial charge in [-0.05, 0) is 102 Å². The van der Waals surface area contributed by atoms with E-state index in [1.54, 1.807) is 0 Å². The summed E-state index contributed by atoms with van der Waals surface area (Å²) in [6, 6.07) is 96.3. The van der Waals surface area contributed by atoms with Gasteiger partial charge < -0.3 is 0 Å². The van der Waals surface area contributed by atoms with Gasteiger partial charge in [0, 0.05) is 16.7 Å². The molecule has 1 heterocycles. The third-order valence-electron chi connectivity index (χ3n) is 13.4. The Morgan fingerprint density at radius 2 is 0.627 bits per heavy atom. The summed E-state index contributed by atoms with van der Waals surface area (Å²) < 4.78 is 0. The maximum Gasteiger partial charge on any atom is 0.160 e. The van der Waals surface area contributed by atoms with Crippen molar-refractivity contribution < 1.29 is 0 Å². The molecule has 1 aromatic heterocycles. The fourth-order valence-electron chi connectivity index (χ4n) is 10.2. The van der Waals surface area contributed by atoms with E-state index in [0.29, 0.717) is 5.82 Å². The van der Waals surface area contributed by atoms with Crippen LogP contribution in [-0.4, -0.2) is 9.97 Å². The minimum atomic E-state index is -0.514. The summed E-state index contributed by atoms with van der Waals surface area (Å²) in [6.07, 6.45) is 0. The maximum atomic E-state index is 5.14. The Bertz CT molecular complexity index is 3420. The van der Waals surface area contributed by atoms with Crippen LogP contribution in [-0.2, 0) is 5.41 Å². The highest BCUT2D eigenvalue weighted by atomic mass is 14.9. The molecule has 0 saturated carbocycles. The van der Waals surface area contributed by atoms with Crippen LogP contribution in [0.15, 0.2) is 267 Å². The second kappa shape index (κ2) is 17.0.